The van der Waals surface area contributed by atoms with Crippen LogP contribution < -0.4 is 15.4 Å². The van der Waals surface area contributed by atoms with E-state index in [1.54, 1.807) is 12.3 Å². The molecule has 5 rings (SSSR count). The number of aromatic nitrogens is 1. The molecule has 1 aliphatic rings. The number of amides is 2. The van der Waals surface area contributed by atoms with Crippen LogP contribution in [0.1, 0.15) is 35.0 Å². The number of pyridine rings is 1. The van der Waals surface area contributed by atoms with Gasteiger partial charge in [-0.3, -0.25) is 14.6 Å². The lowest BCUT2D eigenvalue weighted by molar-refractivity contribution is -0.114. The van der Waals surface area contributed by atoms with Gasteiger partial charge in [0.05, 0.1) is 6.61 Å². The highest BCUT2D eigenvalue weighted by Gasteiger charge is 2.42. The number of benzene rings is 3. The van der Waals surface area contributed by atoms with Crippen LogP contribution in [0.3, 0.4) is 0 Å². The summed E-state index contributed by atoms with van der Waals surface area (Å²) < 4.78 is 19.3. The van der Waals surface area contributed by atoms with Crippen molar-refractivity contribution in [1.82, 2.24) is 10.3 Å². The van der Waals surface area contributed by atoms with E-state index in [1.807, 2.05) is 54.6 Å². The number of anilines is 1. The number of carbonyl (C=O) groups is 2. The molecule has 0 radical (unpaired) electrons. The summed E-state index contributed by atoms with van der Waals surface area (Å²) in [5.74, 6) is -0.239. The topological polar surface area (TPSA) is 80.3 Å². The van der Waals surface area contributed by atoms with Crippen molar-refractivity contribution in [2.24, 2.45) is 0 Å². The first-order chi connectivity index (χ1) is 17.4. The molecule has 2 heterocycles. The molecule has 2 amide bonds. The second-order valence-corrected chi connectivity index (χ2v) is 8.65. The largest absolute Gasteiger partial charge is 0.491 e. The summed E-state index contributed by atoms with van der Waals surface area (Å²) in [7, 11) is 0. The third-order valence-corrected chi connectivity index (χ3v) is 6.26. The number of carbonyl (C=O) groups excluding carboxylic acids is 2. The zero-order valence-electron chi connectivity index (χ0n) is 19.6. The Kier molecular flexibility index (Phi) is 6.21. The molecule has 0 bridgehead atoms. The predicted molar refractivity (Wildman–Crippen MR) is 135 cm³/mol. The van der Waals surface area contributed by atoms with Crippen LogP contribution in [0, 0.1) is 5.82 Å². The van der Waals surface area contributed by atoms with Gasteiger partial charge in [0, 0.05) is 30.8 Å². The van der Waals surface area contributed by atoms with Crippen molar-refractivity contribution in [2.45, 2.75) is 18.9 Å². The molecule has 7 heteroatoms. The first-order valence-corrected chi connectivity index (χ1v) is 11.6. The Hall–Kier alpha value is -4.52. The lowest BCUT2D eigenvalue weighted by atomic mass is 9.80. The van der Waals surface area contributed by atoms with E-state index in [9.17, 15) is 14.0 Å². The van der Waals surface area contributed by atoms with Gasteiger partial charge in [-0.05, 0) is 65.2 Å². The SMILES string of the molecule is CC(=O)Nc1ccc(-c2ccc([C@]3(NC(=O)c4ccc(F)cc4)CCOc4cccnc43)cc2)cc1. The monoisotopic (exact) mass is 481 g/mol. The van der Waals surface area contributed by atoms with Gasteiger partial charge in [0.25, 0.3) is 5.91 Å². The van der Waals surface area contributed by atoms with Crippen LogP contribution in [0.15, 0.2) is 91.1 Å². The van der Waals surface area contributed by atoms with Gasteiger partial charge in [-0.15, -0.1) is 0 Å². The highest BCUT2D eigenvalue weighted by Crippen LogP contribution is 2.41. The van der Waals surface area contributed by atoms with Gasteiger partial charge in [0.15, 0.2) is 0 Å². The molecular weight excluding hydrogens is 457 g/mol. The Morgan fingerprint density at radius 1 is 0.917 bits per heavy atom. The van der Waals surface area contributed by atoms with E-state index in [0.29, 0.717) is 30.0 Å². The maximum atomic E-state index is 13.4. The fraction of sp³-hybridized carbons (Fsp3) is 0.138. The summed E-state index contributed by atoms with van der Waals surface area (Å²) in [4.78, 5) is 29.2. The van der Waals surface area contributed by atoms with Crippen LogP contribution in [0.2, 0.25) is 0 Å². The van der Waals surface area contributed by atoms with Gasteiger partial charge in [0.2, 0.25) is 5.91 Å². The van der Waals surface area contributed by atoms with Crippen LogP contribution in [0.25, 0.3) is 11.1 Å². The fourth-order valence-electron chi connectivity index (χ4n) is 4.50. The van der Waals surface area contributed by atoms with Gasteiger partial charge in [-0.25, -0.2) is 4.39 Å². The lowest BCUT2D eigenvalue weighted by Crippen LogP contribution is -2.50. The molecule has 1 atom stereocenters. The van der Waals surface area contributed by atoms with E-state index in [2.05, 4.69) is 15.6 Å². The maximum absolute atomic E-state index is 13.4. The van der Waals surface area contributed by atoms with Gasteiger partial charge in [-0.2, -0.15) is 0 Å². The van der Waals surface area contributed by atoms with E-state index < -0.39 is 11.4 Å². The van der Waals surface area contributed by atoms with Crippen molar-refractivity contribution < 1.29 is 18.7 Å². The first kappa shape index (κ1) is 23.2. The molecule has 1 aromatic heterocycles. The van der Waals surface area contributed by atoms with Crippen LogP contribution in [0.5, 0.6) is 5.75 Å². The zero-order valence-corrected chi connectivity index (χ0v) is 19.6. The third kappa shape index (κ3) is 4.55. The molecule has 0 unspecified atom stereocenters. The van der Waals surface area contributed by atoms with Gasteiger partial charge < -0.3 is 15.4 Å². The fourth-order valence-corrected chi connectivity index (χ4v) is 4.50. The van der Waals surface area contributed by atoms with Crippen molar-refractivity contribution in [3.8, 4) is 16.9 Å². The Balaban J connectivity index is 1.51. The van der Waals surface area contributed by atoms with Crippen molar-refractivity contribution in [1.29, 1.82) is 0 Å². The molecule has 4 aromatic rings. The minimum atomic E-state index is -0.923. The number of rotatable bonds is 5. The number of hydrogen-bond donors (Lipinski definition) is 2. The molecule has 180 valence electrons. The zero-order chi connectivity index (χ0) is 25.1. The second kappa shape index (κ2) is 9.62. The maximum Gasteiger partial charge on any atom is 0.252 e. The number of nitrogens with zero attached hydrogens (tertiary/aromatic N) is 1. The first-order valence-electron chi connectivity index (χ1n) is 11.6. The number of ether oxygens (including phenoxy) is 1. The molecule has 0 saturated heterocycles. The Bertz CT molecular complexity index is 1400. The summed E-state index contributed by atoms with van der Waals surface area (Å²) in [6, 6.07) is 24.6. The number of hydrogen-bond acceptors (Lipinski definition) is 4. The number of fused-ring (bicyclic) bond motifs is 1. The molecule has 0 fully saturated rings. The summed E-state index contributed by atoms with van der Waals surface area (Å²) >= 11 is 0. The standard InChI is InChI=1S/C29H24FN3O3/c1-19(34)32-25-14-8-21(9-15-25)20-4-10-23(11-5-20)29(16-18-36-26-3-2-17-31-27(26)29)33-28(35)22-6-12-24(30)13-7-22/h2-15,17H,16,18H2,1H3,(H,32,34)(H,33,35)/t29-/m1/s1. The second-order valence-electron chi connectivity index (χ2n) is 8.65. The number of halogens is 1. The highest BCUT2D eigenvalue weighted by atomic mass is 19.1. The van der Waals surface area contributed by atoms with E-state index in [1.165, 1.54) is 31.2 Å². The van der Waals surface area contributed by atoms with Crippen molar-refractivity contribution in [3.05, 3.63) is 114 Å². The summed E-state index contributed by atoms with van der Waals surface area (Å²) in [5.41, 5.74) is 3.63. The molecule has 0 saturated carbocycles. The number of nitrogens with one attached hydrogen (secondary N) is 2. The van der Waals surface area contributed by atoms with Gasteiger partial charge in [-0.1, -0.05) is 36.4 Å². The van der Waals surface area contributed by atoms with E-state index in [-0.39, 0.29) is 11.8 Å². The van der Waals surface area contributed by atoms with Crippen molar-refractivity contribution in [3.63, 3.8) is 0 Å². The molecule has 1 aliphatic heterocycles. The molecular formula is C29H24FN3O3. The van der Waals surface area contributed by atoms with Gasteiger partial charge >= 0.3 is 0 Å². The Labute approximate surface area is 208 Å². The molecule has 0 spiro atoms. The van der Waals surface area contributed by atoms with Crippen molar-refractivity contribution in [2.75, 3.05) is 11.9 Å². The smallest absolute Gasteiger partial charge is 0.252 e. The molecule has 6 nitrogen and oxygen atoms in total. The average Bonchev–Trinajstić information content (AvgIpc) is 2.89. The summed E-state index contributed by atoms with van der Waals surface area (Å²) in [5, 5.41) is 5.95. The van der Waals surface area contributed by atoms with Gasteiger partial charge in [0.1, 0.15) is 22.8 Å². The van der Waals surface area contributed by atoms with Crippen molar-refractivity contribution >= 4 is 17.5 Å². The highest BCUT2D eigenvalue weighted by molar-refractivity contribution is 5.95. The quantitative estimate of drug-likeness (QED) is 0.405. The minimum absolute atomic E-state index is 0.120. The minimum Gasteiger partial charge on any atom is -0.491 e. The van der Waals surface area contributed by atoms with Crippen LogP contribution in [-0.4, -0.2) is 23.4 Å². The average molecular weight is 482 g/mol. The van der Waals surface area contributed by atoms with Crippen LogP contribution in [0.4, 0.5) is 10.1 Å². The molecule has 2 N–H and O–H groups in total. The summed E-state index contributed by atoms with van der Waals surface area (Å²) in [6.45, 7) is 1.87. The Morgan fingerprint density at radius 3 is 2.25 bits per heavy atom. The lowest BCUT2D eigenvalue weighted by Gasteiger charge is -2.39. The predicted octanol–water partition coefficient (Wildman–Crippen LogP) is 5.30. The summed E-state index contributed by atoms with van der Waals surface area (Å²) in [6.07, 6.45) is 2.16. The van der Waals surface area contributed by atoms with Crippen LogP contribution >= 0.6 is 0 Å². The third-order valence-electron chi connectivity index (χ3n) is 6.26. The van der Waals surface area contributed by atoms with Crippen LogP contribution in [-0.2, 0) is 10.3 Å². The molecule has 3 aromatic carbocycles. The van der Waals surface area contributed by atoms with E-state index >= 15 is 0 Å². The normalized spacial score (nSPS) is 16.4. The molecule has 36 heavy (non-hydrogen) atoms. The molecule has 0 aliphatic carbocycles. The van der Waals surface area contributed by atoms with E-state index in [0.717, 1.165) is 22.4 Å². The van der Waals surface area contributed by atoms with E-state index in [4.69, 9.17) is 4.74 Å². The Morgan fingerprint density at radius 2 is 1.58 bits per heavy atom.